The van der Waals surface area contributed by atoms with E-state index in [9.17, 15) is 0 Å². The van der Waals surface area contributed by atoms with Crippen LogP contribution in [0.5, 0.6) is 0 Å². The number of hydrogen-bond donors (Lipinski definition) is 1. The Balaban J connectivity index is 2.59. The van der Waals surface area contributed by atoms with Gasteiger partial charge in [-0.3, -0.25) is 0 Å². The van der Waals surface area contributed by atoms with Gasteiger partial charge in [-0.1, -0.05) is 30.3 Å². The molecule has 2 N–H and O–H groups in total. The molecule has 12 heavy (non-hydrogen) atoms. The number of hydrogen-bond acceptors (Lipinski definition) is 2. The third-order valence-electron chi connectivity index (χ3n) is 1.79. The van der Waals surface area contributed by atoms with Crippen LogP contribution in [0.15, 0.2) is 30.3 Å². The minimum absolute atomic E-state index is 0.126. The summed E-state index contributed by atoms with van der Waals surface area (Å²) in [5.41, 5.74) is 7.15. The quantitative estimate of drug-likeness (QED) is 0.728. The van der Waals surface area contributed by atoms with Crippen molar-refractivity contribution in [3.8, 4) is 0 Å². The number of nitrogens with zero attached hydrogens (tertiary/aromatic N) is 1. The summed E-state index contributed by atoms with van der Waals surface area (Å²) in [6, 6.07) is 10.3. The summed E-state index contributed by atoms with van der Waals surface area (Å²) in [6.45, 7) is 0.893. The largest absolute Gasteiger partial charge is 0.323 e. The molecule has 0 aliphatic rings. The second-order valence-corrected chi connectivity index (χ2v) is 3.28. The van der Waals surface area contributed by atoms with Crippen LogP contribution in [0, 0.1) is 0 Å². The van der Waals surface area contributed by atoms with Gasteiger partial charge >= 0.3 is 0 Å². The van der Waals surface area contributed by atoms with E-state index in [1.54, 1.807) is 0 Å². The maximum absolute atomic E-state index is 5.95. The van der Waals surface area contributed by atoms with E-state index < -0.39 is 0 Å². The first-order valence-corrected chi connectivity index (χ1v) is 4.15. The fourth-order valence-corrected chi connectivity index (χ4v) is 1.20. The molecule has 0 bridgehead atoms. The average Bonchev–Trinajstić information content (AvgIpc) is 2.05. The second-order valence-electron chi connectivity index (χ2n) is 3.28. The molecule has 0 aliphatic heterocycles. The Kier molecular flexibility index (Phi) is 3.26. The molecule has 1 aromatic carbocycles. The molecule has 0 radical (unpaired) electrons. The van der Waals surface area contributed by atoms with E-state index in [0.29, 0.717) is 0 Å². The zero-order valence-electron chi connectivity index (χ0n) is 7.70. The van der Waals surface area contributed by atoms with Gasteiger partial charge in [-0.05, 0) is 19.7 Å². The number of likely N-dealkylation sites (N-methyl/N-ethyl adjacent to an activating group) is 1. The standard InChI is InChI=1S/C10H16N2/c1-12(2)8-10(11)9-6-4-3-5-7-9/h3-7,10H,8,11H2,1-2H3/t10-/m0/s1. The van der Waals surface area contributed by atoms with Gasteiger partial charge in [0.05, 0.1) is 0 Å². The third kappa shape index (κ3) is 2.64. The minimum atomic E-state index is 0.126. The summed E-state index contributed by atoms with van der Waals surface area (Å²) in [6.07, 6.45) is 0. The SMILES string of the molecule is CN(C)C[C@H](N)c1ccccc1. The molecule has 0 amide bonds. The Morgan fingerprint density at radius 2 is 1.83 bits per heavy atom. The number of nitrogens with two attached hydrogens (primary N) is 1. The molecule has 0 heterocycles. The maximum Gasteiger partial charge on any atom is 0.0424 e. The molecule has 0 saturated carbocycles. The van der Waals surface area contributed by atoms with Gasteiger partial charge in [0, 0.05) is 12.6 Å². The summed E-state index contributed by atoms with van der Waals surface area (Å²) in [7, 11) is 4.06. The van der Waals surface area contributed by atoms with Crippen molar-refractivity contribution in [1.82, 2.24) is 4.90 Å². The smallest absolute Gasteiger partial charge is 0.0424 e. The summed E-state index contributed by atoms with van der Waals surface area (Å²) < 4.78 is 0. The van der Waals surface area contributed by atoms with Crippen molar-refractivity contribution >= 4 is 0 Å². The number of rotatable bonds is 3. The van der Waals surface area contributed by atoms with Gasteiger partial charge in [0.2, 0.25) is 0 Å². The average molecular weight is 164 g/mol. The molecular weight excluding hydrogens is 148 g/mol. The molecule has 1 atom stereocenters. The van der Waals surface area contributed by atoms with Crippen molar-refractivity contribution in [3.63, 3.8) is 0 Å². The topological polar surface area (TPSA) is 29.3 Å². The summed E-state index contributed by atoms with van der Waals surface area (Å²) in [5.74, 6) is 0. The third-order valence-corrected chi connectivity index (χ3v) is 1.79. The Labute approximate surface area is 74.0 Å². The highest BCUT2D eigenvalue weighted by Gasteiger charge is 2.04. The van der Waals surface area contributed by atoms with E-state index >= 15 is 0 Å². The van der Waals surface area contributed by atoms with Gasteiger partial charge in [-0.15, -0.1) is 0 Å². The molecular formula is C10H16N2. The van der Waals surface area contributed by atoms with Crippen LogP contribution in [0.1, 0.15) is 11.6 Å². The second kappa shape index (κ2) is 4.24. The van der Waals surface area contributed by atoms with Gasteiger partial charge in [0.25, 0.3) is 0 Å². The normalized spacial score (nSPS) is 13.3. The van der Waals surface area contributed by atoms with Crippen molar-refractivity contribution < 1.29 is 0 Å². The van der Waals surface area contributed by atoms with Crippen molar-refractivity contribution in [3.05, 3.63) is 35.9 Å². The van der Waals surface area contributed by atoms with E-state index in [4.69, 9.17) is 5.73 Å². The molecule has 0 spiro atoms. The Morgan fingerprint density at radius 3 is 2.33 bits per heavy atom. The van der Waals surface area contributed by atoms with Crippen LogP contribution < -0.4 is 5.73 Å². The van der Waals surface area contributed by atoms with Crippen LogP contribution in [0.3, 0.4) is 0 Å². The van der Waals surface area contributed by atoms with Gasteiger partial charge < -0.3 is 10.6 Å². The predicted octanol–water partition coefficient (Wildman–Crippen LogP) is 1.25. The lowest BCUT2D eigenvalue weighted by molar-refractivity contribution is 0.376. The van der Waals surface area contributed by atoms with Crippen molar-refractivity contribution in [1.29, 1.82) is 0 Å². The lowest BCUT2D eigenvalue weighted by Gasteiger charge is -2.16. The first kappa shape index (κ1) is 9.23. The van der Waals surface area contributed by atoms with Gasteiger partial charge in [0.15, 0.2) is 0 Å². The first-order chi connectivity index (χ1) is 5.70. The van der Waals surface area contributed by atoms with E-state index in [-0.39, 0.29) is 6.04 Å². The summed E-state index contributed by atoms with van der Waals surface area (Å²) in [4.78, 5) is 2.09. The van der Waals surface area contributed by atoms with E-state index in [0.717, 1.165) is 6.54 Å². The fourth-order valence-electron chi connectivity index (χ4n) is 1.20. The lowest BCUT2D eigenvalue weighted by Crippen LogP contribution is -2.25. The fraction of sp³-hybridized carbons (Fsp3) is 0.400. The zero-order chi connectivity index (χ0) is 8.97. The molecule has 0 aromatic heterocycles. The van der Waals surface area contributed by atoms with Gasteiger partial charge in [-0.25, -0.2) is 0 Å². The van der Waals surface area contributed by atoms with Crippen LogP contribution in [0.4, 0.5) is 0 Å². The Morgan fingerprint density at radius 1 is 1.25 bits per heavy atom. The van der Waals surface area contributed by atoms with Crippen LogP contribution in [-0.2, 0) is 0 Å². The number of benzene rings is 1. The molecule has 0 aliphatic carbocycles. The van der Waals surface area contributed by atoms with E-state index in [1.165, 1.54) is 5.56 Å². The van der Waals surface area contributed by atoms with Crippen LogP contribution in [-0.4, -0.2) is 25.5 Å². The molecule has 0 unspecified atom stereocenters. The van der Waals surface area contributed by atoms with Crippen molar-refractivity contribution in [2.75, 3.05) is 20.6 Å². The Bertz CT molecular complexity index is 219. The Hall–Kier alpha value is -0.860. The van der Waals surface area contributed by atoms with E-state index in [2.05, 4.69) is 17.0 Å². The van der Waals surface area contributed by atoms with Gasteiger partial charge in [-0.2, -0.15) is 0 Å². The van der Waals surface area contributed by atoms with Crippen LogP contribution >= 0.6 is 0 Å². The summed E-state index contributed by atoms with van der Waals surface area (Å²) >= 11 is 0. The van der Waals surface area contributed by atoms with Gasteiger partial charge in [0.1, 0.15) is 0 Å². The minimum Gasteiger partial charge on any atom is -0.323 e. The lowest BCUT2D eigenvalue weighted by atomic mass is 10.1. The molecule has 66 valence electrons. The van der Waals surface area contributed by atoms with Crippen LogP contribution in [0.2, 0.25) is 0 Å². The molecule has 1 rings (SSSR count). The maximum atomic E-state index is 5.95. The molecule has 2 nitrogen and oxygen atoms in total. The highest BCUT2D eigenvalue weighted by atomic mass is 15.1. The van der Waals surface area contributed by atoms with Crippen molar-refractivity contribution in [2.24, 2.45) is 5.73 Å². The molecule has 1 aromatic rings. The highest BCUT2D eigenvalue weighted by Crippen LogP contribution is 2.09. The van der Waals surface area contributed by atoms with E-state index in [1.807, 2.05) is 32.3 Å². The van der Waals surface area contributed by atoms with Crippen LogP contribution in [0.25, 0.3) is 0 Å². The molecule has 0 fully saturated rings. The molecule has 0 saturated heterocycles. The highest BCUT2D eigenvalue weighted by molar-refractivity contribution is 5.18. The zero-order valence-corrected chi connectivity index (χ0v) is 7.70. The molecule has 2 heteroatoms. The summed E-state index contributed by atoms with van der Waals surface area (Å²) in [5, 5.41) is 0. The predicted molar refractivity (Wildman–Crippen MR) is 51.9 cm³/mol. The first-order valence-electron chi connectivity index (χ1n) is 4.15. The van der Waals surface area contributed by atoms with Crippen molar-refractivity contribution in [2.45, 2.75) is 6.04 Å². The monoisotopic (exact) mass is 164 g/mol.